The molecule has 0 spiro atoms. The summed E-state index contributed by atoms with van der Waals surface area (Å²) in [7, 11) is 0. The lowest BCUT2D eigenvalue weighted by Gasteiger charge is -2.31. The largest absolute Gasteiger partial charge is 0.484 e. The Bertz CT molecular complexity index is 880. The van der Waals surface area contributed by atoms with Gasteiger partial charge in [0.25, 0.3) is 5.91 Å². The predicted octanol–water partition coefficient (Wildman–Crippen LogP) is 5.06. The molecule has 2 atom stereocenters. The molecular formula is C25H33ClN2O3. The van der Waals surface area contributed by atoms with Crippen molar-refractivity contribution in [2.75, 3.05) is 6.61 Å². The van der Waals surface area contributed by atoms with Crippen molar-refractivity contribution in [1.29, 1.82) is 0 Å². The molecule has 0 aliphatic rings. The monoisotopic (exact) mass is 444 g/mol. The van der Waals surface area contributed by atoms with Crippen molar-refractivity contribution in [3.05, 3.63) is 64.2 Å². The van der Waals surface area contributed by atoms with Crippen LogP contribution in [0.25, 0.3) is 0 Å². The first-order chi connectivity index (χ1) is 14.7. The van der Waals surface area contributed by atoms with E-state index in [1.165, 1.54) is 0 Å². The number of benzene rings is 2. The number of hydrogen-bond donors (Lipinski definition) is 1. The molecule has 5 nitrogen and oxygen atoms in total. The van der Waals surface area contributed by atoms with Crippen molar-refractivity contribution < 1.29 is 14.3 Å². The number of nitrogens with one attached hydrogen (secondary N) is 1. The van der Waals surface area contributed by atoms with Gasteiger partial charge in [-0.15, -0.1) is 0 Å². The van der Waals surface area contributed by atoms with Gasteiger partial charge in [-0.1, -0.05) is 49.7 Å². The lowest BCUT2D eigenvalue weighted by molar-refractivity contribution is -0.143. The number of carbonyl (C=O) groups is 2. The average Bonchev–Trinajstić information content (AvgIpc) is 2.72. The summed E-state index contributed by atoms with van der Waals surface area (Å²) in [4.78, 5) is 27.8. The van der Waals surface area contributed by atoms with E-state index in [0.29, 0.717) is 17.2 Å². The molecule has 0 saturated carbocycles. The van der Waals surface area contributed by atoms with Crippen LogP contribution in [0.15, 0.2) is 42.5 Å². The lowest BCUT2D eigenvalue weighted by atomic mass is 10.1. The van der Waals surface area contributed by atoms with Crippen molar-refractivity contribution in [1.82, 2.24) is 10.2 Å². The zero-order valence-corrected chi connectivity index (χ0v) is 19.8. The Morgan fingerprint density at radius 1 is 1.06 bits per heavy atom. The number of halogens is 1. The molecule has 0 aliphatic carbocycles. The molecule has 0 bridgehead atoms. The molecular weight excluding hydrogens is 412 g/mol. The fourth-order valence-corrected chi connectivity index (χ4v) is 3.61. The molecule has 0 radical (unpaired) electrons. The zero-order chi connectivity index (χ0) is 23.0. The highest BCUT2D eigenvalue weighted by Gasteiger charge is 2.30. The van der Waals surface area contributed by atoms with Gasteiger partial charge < -0.3 is 15.0 Å². The summed E-state index contributed by atoms with van der Waals surface area (Å²) in [5.41, 5.74) is 2.92. The average molecular weight is 445 g/mol. The van der Waals surface area contributed by atoms with Crippen LogP contribution in [0.3, 0.4) is 0 Å². The van der Waals surface area contributed by atoms with E-state index >= 15 is 0 Å². The molecule has 6 heteroatoms. The summed E-state index contributed by atoms with van der Waals surface area (Å²) >= 11 is 6.35. The van der Waals surface area contributed by atoms with Crippen molar-refractivity contribution >= 4 is 23.4 Å². The van der Waals surface area contributed by atoms with Gasteiger partial charge in [0.05, 0.1) is 0 Å². The van der Waals surface area contributed by atoms with Crippen LogP contribution in [0, 0.1) is 13.8 Å². The van der Waals surface area contributed by atoms with E-state index in [9.17, 15) is 9.59 Å². The number of carbonyl (C=O) groups excluding carboxylic acids is 2. The van der Waals surface area contributed by atoms with E-state index in [1.807, 2.05) is 71.0 Å². The van der Waals surface area contributed by atoms with Gasteiger partial charge in [-0.25, -0.2) is 0 Å². The second-order valence-electron chi connectivity index (χ2n) is 7.97. The van der Waals surface area contributed by atoms with Crippen molar-refractivity contribution in [2.24, 2.45) is 0 Å². The first-order valence-electron chi connectivity index (χ1n) is 10.8. The Morgan fingerprint density at radius 2 is 1.71 bits per heavy atom. The molecule has 168 valence electrons. The number of hydrogen-bond acceptors (Lipinski definition) is 3. The Morgan fingerprint density at radius 3 is 2.29 bits per heavy atom. The summed E-state index contributed by atoms with van der Waals surface area (Å²) in [6.45, 7) is 9.92. The van der Waals surface area contributed by atoms with Crippen molar-refractivity contribution in [3.8, 4) is 5.75 Å². The zero-order valence-electron chi connectivity index (χ0n) is 19.1. The van der Waals surface area contributed by atoms with Gasteiger partial charge in [0.2, 0.25) is 5.91 Å². The SMILES string of the molecule is CCC(C)NC(=O)C(CC)N(Cc1ccccc1Cl)C(=O)COc1cc(C)cc(C)c1. The minimum absolute atomic E-state index is 0.0327. The van der Waals surface area contributed by atoms with Crippen LogP contribution in [0.4, 0.5) is 0 Å². The van der Waals surface area contributed by atoms with Gasteiger partial charge in [0.1, 0.15) is 11.8 Å². The molecule has 2 rings (SSSR count). The summed E-state index contributed by atoms with van der Waals surface area (Å²) in [5, 5.41) is 3.56. The molecule has 0 saturated heterocycles. The van der Waals surface area contributed by atoms with Crippen LogP contribution in [-0.4, -0.2) is 35.4 Å². The molecule has 1 N–H and O–H groups in total. The molecule has 2 aromatic rings. The van der Waals surface area contributed by atoms with Crippen LogP contribution in [0.2, 0.25) is 5.02 Å². The van der Waals surface area contributed by atoms with Gasteiger partial charge in [0.15, 0.2) is 6.61 Å². The lowest BCUT2D eigenvalue weighted by Crippen LogP contribution is -2.51. The highest BCUT2D eigenvalue weighted by atomic mass is 35.5. The fourth-order valence-electron chi connectivity index (χ4n) is 3.41. The van der Waals surface area contributed by atoms with Crippen LogP contribution < -0.4 is 10.1 Å². The minimum atomic E-state index is -0.611. The molecule has 2 amide bonds. The molecule has 0 heterocycles. The van der Waals surface area contributed by atoms with Crippen LogP contribution >= 0.6 is 11.6 Å². The highest BCUT2D eigenvalue weighted by Crippen LogP contribution is 2.21. The first kappa shape index (κ1) is 24.7. The van der Waals surface area contributed by atoms with E-state index in [-0.39, 0.29) is 31.0 Å². The third kappa shape index (κ3) is 7.28. The molecule has 2 aromatic carbocycles. The number of aryl methyl sites for hydroxylation is 2. The summed E-state index contributed by atoms with van der Waals surface area (Å²) in [6, 6.07) is 12.6. The Hall–Kier alpha value is -2.53. The summed E-state index contributed by atoms with van der Waals surface area (Å²) < 4.78 is 5.80. The summed E-state index contributed by atoms with van der Waals surface area (Å²) in [6.07, 6.45) is 1.30. The first-order valence-corrected chi connectivity index (χ1v) is 11.2. The van der Waals surface area contributed by atoms with Gasteiger partial charge in [-0.3, -0.25) is 9.59 Å². The third-order valence-corrected chi connectivity index (χ3v) is 5.61. The Labute approximate surface area is 190 Å². The molecule has 0 aliphatic heterocycles. The fraction of sp³-hybridized carbons (Fsp3) is 0.440. The van der Waals surface area contributed by atoms with E-state index in [4.69, 9.17) is 16.3 Å². The normalized spacial score (nSPS) is 12.7. The highest BCUT2D eigenvalue weighted by molar-refractivity contribution is 6.31. The third-order valence-electron chi connectivity index (χ3n) is 5.24. The Kier molecular flexibility index (Phi) is 9.38. The van der Waals surface area contributed by atoms with Crippen LogP contribution in [0.5, 0.6) is 5.75 Å². The van der Waals surface area contributed by atoms with E-state index < -0.39 is 6.04 Å². The number of rotatable bonds is 10. The summed E-state index contributed by atoms with van der Waals surface area (Å²) in [5.74, 6) is 0.217. The maximum atomic E-state index is 13.2. The van der Waals surface area contributed by atoms with Gasteiger partial charge >= 0.3 is 0 Å². The van der Waals surface area contributed by atoms with Gasteiger partial charge in [0, 0.05) is 17.6 Å². The van der Waals surface area contributed by atoms with Gasteiger partial charge in [-0.2, -0.15) is 0 Å². The van der Waals surface area contributed by atoms with Crippen LogP contribution in [-0.2, 0) is 16.1 Å². The maximum Gasteiger partial charge on any atom is 0.261 e. The maximum absolute atomic E-state index is 13.2. The van der Waals surface area contributed by atoms with E-state index in [1.54, 1.807) is 11.0 Å². The Balaban J connectivity index is 2.25. The second kappa shape index (κ2) is 11.8. The van der Waals surface area contributed by atoms with Gasteiger partial charge in [-0.05, 0) is 68.5 Å². The molecule has 0 aromatic heterocycles. The van der Waals surface area contributed by atoms with Crippen molar-refractivity contribution in [2.45, 2.75) is 66.1 Å². The molecule has 31 heavy (non-hydrogen) atoms. The standard InChI is InChI=1S/C25H33ClN2O3/c1-6-19(5)27-25(30)23(7-2)28(15-20-10-8-9-11-22(20)26)24(29)16-31-21-13-17(3)12-18(4)14-21/h8-14,19,23H,6-7,15-16H2,1-5H3,(H,27,30). The van der Waals surface area contributed by atoms with Crippen molar-refractivity contribution in [3.63, 3.8) is 0 Å². The smallest absolute Gasteiger partial charge is 0.261 e. The number of nitrogens with zero attached hydrogens (tertiary/aromatic N) is 1. The number of amides is 2. The number of ether oxygens (including phenoxy) is 1. The topological polar surface area (TPSA) is 58.6 Å². The second-order valence-corrected chi connectivity index (χ2v) is 8.37. The molecule has 0 fully saturated rings. The minimum Gasteiger partial charge on any atom is -0.484 e. The quantitative estimate of drug-likeness (QED) is 0.557. The van der Waals surface area contributed by atoms with E-state index in [2.05, 4.69) is 5.32 Å². The van der Waals surface area contributed by atoms with Crippen LogP contribution in [0.1, 0.15) is 50.3 Å². The molecule has 2 unspecified atom stereocenters. The predicted molar refractivity (Wildman–Crippen MR) is 125 cm³/mol. The van der Waals surface area contributed by atoms with E-state index in [0.717, 1.165) is 23.1 Å².